The first-order chi connectivity index (χ1) is 10.1. The number of rotatable bonds is 5. The second kappa shape index (κ2) is 9.13. The molecule has 124 valence electrons. The van der Waals surface area contributed by atoms with Crippen molar-refractivity contribution in [1.82, 2.24) is 4.90 Å². The molecule has 1 heterocycles. The number of carbonyl (C=O) groups excluding carboxylic acids is 1. The van der Waals surface area contributed by atoms with E-state index in [4.69, 9.17) is 10.5 Å². The van der Waals surface area contributed by atoms with Crippen LogP contribution >= 0.6 is 12.4 Å². The fourth-order valence-electron chi connectivity index (χ4n) is 2.68. The van der Waals surface area contributed by atoms with E-state index in [0.29, 0.717) is 5.92 Å². The summed E-state index contributed by atoms with van der Waals surface area (Å²) in [7, 11) is 1.84. The molecule has 1 aromatic carbocycles. The van der Waals surface area contributed by atoms with Gasteiger partial charge in [-0.3, -0.25) is 4.79 Å². The molecule has 1 amide bonds. The Bertz CT molecular complexity index is 458. The molecule has 4 nitrogen and oxygen atoms in total. The molecule has 0 aliphatic carbocycles. The summed E-state index contributed by atoms with van der Waals surface area (Å²) < 4.78 is 5.36. The third-order valence-corrected chi connectivity index (χ3v) is 4.29. The van der Waals surface area contributed by atoms with Crippen LogP contribution < -0.4 is 5.73 Å². The summed E-state index contributed by atoms with van der Waals surface area (Å²) in [5.41, 5.74) is 8.14. The Morgan fingerprint density at radius 2 is 1.91 bits per heavy atom. The number of amides is 1. The number of ether oxygens (including phenoxy) is 1. The molecule has 0 radical (unpaired) electrons. The van der Waals surface area contributed by atoms with E-state index in [1.807, 2.05) is 38.2 Å². The van der Waals surface area contributed by atoms with E-state index in [2.05, 4.69) is 0 Å². The van der Waals surface area contributed by atoms with Crippen LogP contribution in [0.3, 0.4) is 0 Å². The fourth-order valence-corrected chi connectivity index (χ4v) is 2.68. The topological polar surface area (TPSA) is 55.6 Å². The molecule has 2 rings (SSSR count). The summed E-state index contributed by atoms with van der Waals surface area (Å²) in [6, 6.07) is 7.29. The average molecular weight is 327 g/mol. The maximum Gasteiger partial charge on any atom is 0.243 e. The highest BCUT2D eigenvalue weighted by Crippen LogP contribution is 2.19. The highest BCUT2D eigenvalue weighted by molar-refractivity contribution is 5.85. The molecule has 1 atom stereocenters. The van der Waals surface area contributed by atoms with Gasteiger partial charge in [0, 0.05) is 26.8 Å². The maximum absolute atomic E-state index is 12.4. The van der Waals surface area contributed by atoms with Gasteiger partial charge in [-0.05, 0) is 37.7 Å². The van der Waals surface area contributed by atoms with Crippen molar-refractivity contribution in [2.24, 2.45) is 11.7 Å². The molecule has 2 N–H and O–H groups in total. The van der Waals surface area contributed by atoms with Crippen molar-refractivity contribution in [3.05, 3.63) is 35.4 Å². The van der Waals surface area contributed by atoms with Crippen LogP contribution in [0.25, 0.3) is 0 Å². The molecule has 1 aromatic rings. The van der Waals surface area contributed by atoms with E-state index in [1.54, 1.807) is 4.90 Å². The van der Waals surface area contributed by atoms with Gasteiger partial charge in [0.1, 0.15) is 6.04 Å². The number of carbonyl (C=O) groups is 1. The van der Waals surface area contributed by atoms with Gasteiger partial charge in [-0.15, -0.1) is 12.4 Å². The molecule has 0 saturated carbocycles. The standard InChI is InChI=1S/C17H26N2O2.ClH/c1-13-3-5-15(6-4-13)16(18)17(20)19(2)10-7-14-8-11-21-12-9-14;/h3-6,14,16H,7-12,18H2,1-2H3;1H. The lowest BCUT2D eigenvalue weighted by Crippen LogP contribution is -2.37. The zero-order valence-electron chi connectivity index (χ0n) is 13.5. The molecule has 5 heteroatoms. The maximum atomic E-state index is 12.4. The minimum absolute atomic E-state index is 0. The smallest absolute Gasteiger partial charge is 0.243 e. The number of benzene rings is 1. The zero-order chi connectivity index (χ0) is 15.2. The predicted molar refractivity (Wildman–Crippen MR) is 91.2 cm³/mol. The zero-order valence-corrected chi connectivity index (χ0v) is 14.3. The normalized spacial score (nSPS) is 16.7. The quantitative estimate of drug-likeness (QED) is 0.905. The predicted octanol–water partition coefficient (Wildman–Crippen LogP) is 2.69. The van der Waals surface area contributed by atoms with Crippen molar-refractivity contribution in [2.45, 2.75) is 32.2 Å². The lowest BCUT2D eigenvalue weighted by Gasteiger charge is -2.26. The van der Waals surface area contributed by atoms with E-state index in [9.17, 15) is 4.79 Å². The highest BCUT2D eigenvalue weighted by atomic mass is 35.5. The first-order valence-corrected chi connectivity index (χ1v) is 7.73. The summed E-state index contributed by atoms with van der Waals surface area (Å²) in [6.07, 6.45) is 3.24. The number of aryl methyl sites for hydroxylation is 1. The molecule has 0 aromatic heterocycles. The molecular formula is C17H27ClN2O2. The Labute approximate surface area is 139 Å². The summed E-state index contributed by atoms with van der Waals surface area (Å²) in [6.45, 7) is 4.50. The number of likely N-dealkylation sites (N-methyl/N-ethyl adjacent to an activating group) is 1. The van der Waals surface area contributed by atoms with Crippen LogP contribution in [0.5, 0.6) is 0 Å². The molecule has 1 fully saturated rings. The van der Waals surface area contributed by atoms with Crippen molar-refractivity contribution < 1.29 is 9.53 Å². The Hall–Kier alpha value is -1.10. The molecule has 0 bridgehead atoms. The van der Waals surface area contributed by atoms with Crippen molar-refractivity contribution >= 4 is 18.3 Å². The van der Waals surface area contributed by atoms with Crippen molar-refractivity contribution in [1.29, 1.82) is 0 Å². The molecule has 0 spiro atoms. The van der Waals surface area contributed by atoms with E-state index >= 15 is 0 Å². The number of hydrogen-bond acceptors (Lipinski definition) is 3. The second-order valence-electron chi connectivity index (χ2n) is 5.99. The van der Waals surface area contributed by atoms with Crippen LogP contribution in [-0.2, 0) is 9.53 Å². The van der Waals surface area contributed by atoms with Gasteiger partial charge in [0.2, 0.25) is 5.91 Å². The molecule has 1 unspecified atom stereocenters. The molecular weight excluding hydrogens is 300 g/mol. The minimum Gasteiger partial charge on any atom is -0.381 e. The third-order valence-electron chi connectivity index (χ3n) is 4.29. The first-order valence-electron chi connectivity index (χ1n) is 7.73. The SMILES string of the molecule is Cc1ccc(C(N)C(=O)N(C)CCC2CCOCC2)cc1.Cl. The number of halogens is 1. The van der Waals surface area contributed by atoms with E-state index in [0.717, 1.165) is 44.6 Å². The van der Waals surface area contributed by atoms with Gasteiger partial charge < -0.3 is 15.4 Å². The van der Waals surface area contributed by atoms with Crippen LogP contribution in [-0.4, -0.2) is 37.6 Å². The summed E-state index contributed by atoms with van der Waals surface area (Å²) in [5.74, 6) is 0.663. The largest absolute Gasteiger partial charge is 0.381 e. The van der Waals surface area contributed by atoms with E-state index in [1.165, 1.54) is 5.56 Å². The van der Waals surface area contributed by atoms with Crippen molar-refractivity contribution in [3.63, 3.8) is 0 Å². The number of nitrogens with two attached hydrogens (primary N) is 1. The molecule has 1 aliphatic rings. The van der Waals surface area contributed by atoms with Gasteiger partial charge >= 0.3 is 0 Å². The monoisotopic (exact) mass is 326 g/mol. The van der Waals surface area contributed by atoms with Crippen LogP contribution in [0, 0.1) is 12.8 Å². The highest BCUT2D eigenvalue weighted by Gasteiger charge is 2.21. The Morgan fingerprint density at radius 3 is 2.50 bits per heavy atom. The van der Waals surface area contributed by atoms with Crippen molar-refractivity contribution in [2.75, 3.05) is 26.8 Å². The van der Waals surface area contributed by atoms with Crippen LogP contribution in [0.1, 0.15) is 36.4 Å². The number of nitrogens with zero attached hydrogens (tertiary/aromatic N) is 1. The Kier molecular flexibility index (Phi) is 7.87. The Balaban J connectivity index is 0.00000242. The van der Waals surface area contributed by atoms with Gasteiger partial charge in [-0.1, -0.05) is 29.8 Å². The molecule has 22 heavy (non-hydrogen) atoms. The van der Waals surface area contributed by atoms with Gasteiger partial charge in [-0.2, -0.15) is 0 Å². The van der Waals surface area contributed by atoms with E-state index in [-0.39, 0.29) is 18.3 Å². The Morgan fingerprint density at radius 1 is 1.32 bits per heavy atom. The summed E-state index contributed by atoms with van der Waals surface area (Å²) >= 11 is 0. The minimum atomic E-state index is -0.565. The lowest BCUT2D eigenvalue weighted by molar-refractivity contribution is -0.131. The molecule has 1 aliphatic heterocycles. The van der Waals surface area contributed by atoms with Crippen LogP contribution in [0.4, 0.5) is 0 Å². The third kappa shape index (κ3) is 5.27. The first kappa shape index (κ1) is 18.9. The molecule has 1 saturated heterocycles. The van der Waals surface area contributed by atoms with Gasteiger partial charge in [-0.25, -0.2) is 0 Å². The lowest BCUT2D eigenvalue weighted by atomic mass is 9.96. The van der Waals surface area contributed by atoms with Crippen molar-refractivity contribution in [3.8, 4) is 0 Å². The number of hydrogen-bond donors (Lipinski definition) is 1. The average Bonchev–Trinajstić information content (AvgIpc) is 2.53. The van der Waals surface area contributed by atoms with Gasteiger partial charge in [0.05, 0.1) is 0 Å². The van der Waals surface area contributed by atoms with Crippen LogP contribution in [0.15, 0.2) is 24.3 Å². The fraction of sp³-hybridized carbons (Fsp3) is 0.588. The summed E-state index contributed by atoms with van der Waals surface area (Å²) in [4.78, 5) is 14.1. The van der Waals surface area contributed by atoms with Crippen LogP contribution in [0.2, 0.25) is 0 Å². The second-order valence-corrected chi connectivity index (χ2v) is 5.99. The van der Waals surface area contributed by atoms with E-state index < -0.39 is 6.04 Å². The summed E-state index contributed by atoms with van der Waals surface area (Å²) in [5, 5.41) is 0. The van der Waals surface area contributed by atoms with Gasteiger partial charge in [0.15, 0.2) is 0 Å². The van der Waals surface area contributed by atoms with Gasteiger partial charge in [0.25, 0.3) is 0 Å².